The molecule has 1 atom stereocenters. The van der Waals surface area contributed by atoms with Crippen LogP contribution in [0.2, 0.25) is 0 Å². The van der Waals surface area contributed by atoms with Crippen molar-refractivity contribution < 1.29 is 9.47 Å². The summed E-state index contributed by atoms with van der Waals surface area (Å²) in [5.74, 6) is 0.845. The van der Waals surface area contributed by atoms with Crippen LogP contribution in [-0.2, 0) is 11.2 Å². The topological polar surface area (TPSA) is 18.5 Å². The summed E-state index contributed by atoms with van der Waals surface area (Å²) in [4.78, 5) is 1.59. The Labute approximate surface area is 146 Å². The Bertz CT molecular complexity index is 583. The number of methoxy groups -OCH3 is 1. The summed E-state index contributed by atoms with van der Waals surface area (Å²) < 4.78 is 11.6. The van der Waals surface area contributed by atoms with E-state index in [1.165, 1.54) is 16.0 Å². The van der Waals surface area contributed by atoms with Crippen molar-refractivity contribution in [2.24, 2.45) is 0 Å². The molecule has 1 aromatic carbocycles. The van der Waals surface area contributed by atoms with Crippen molar-refractivity contribution in [3.05, 3.63) is 50.1 Å². The van der Waals surface area contributed by atoms with Gasteiger partial charge in [-0.05, 0) is 57.1 Å². The first-order valence-corrected chi connectivity index (χ1v) is 9.37. The van der Waals surface area contributed by atoms with E-state index in [1.54, 1.807) is 18.4 Å². The second kappa shape index (κ2) is 8.32. The van der Waals surface area contributed by atoms with Gasteiger partial charge in [-0.25, -0.2) is 0 Å². The van der Waals surface area contributed by atoms with E-state index in [4.69, 9.17) is 9.47 Å². The van der Waals surface area contributed by atoms with Crippen molar-refractivity contribution in [2.45, 2.75) is 18.2 Å². The summed E-state index contributed by atoms with van der Waals surface area (Å²) in [6.07, 6.45) is 1.06. The standard InChI is InChI=1S/C16H18Br2O2S/c1-3-11-6-9-21-16(11)15(18)12-4-5-14(13(17)10-12)20-8-7-19-2/h4-6,9-10,15H,3,7-8H2,1-2H3. The average molecular weight is 434 g/mol. The molecule has 0 saturated carbocycles. The lowest BCUT2D eigenvalue weighted by Crippen LogP contribution is -2.05. The molecule has 21 heavy (non-hydrogen) atoms. The first kappa shape index (κ1) is 17.0. The Hall–Kier alpha value is -0.360. The molecule has 0 N–H and O–H groups in total. The van der Waals surface area contributed by atoms with Crippen LogP contribution in [0.4, 0.5) is 0 Å². The molecule has 0 saturated heterocycles. The predicted octanol–water partition coefficient (Wildman–Crippen LogP) is 5.58. The molecule has 1 aromatic heterocycles. The van der Waals surface area contributed by atoms with Gasteiger partial charge >= 0.3 is 0 Å². The van der Waals surface area contributed by atoms with Crippen LogP contribution < -0.4 is 4.74 Å². The van der Waals surface area contributed by atoms with Crippen LogP contribution in [0.15, 0.2) is 34.1 Å². The van der Waals surface area contributed by atoms with Gasteiger partial charge in [0.1, 0.15) is 12.4 Å². The van der Waals surface area contributed by atoms with Crippen LogP contribution >= 0.6 is 43.2 Å². The summed E-state index contributed by atoms with van der Waals surface area (Å²) in [7, 11) is 1.67. The molecule has 1 unspecified atom stereocenters. The molecule has 1 heterocycles. The first-order valence-electron chi connectivity index (χ1n) is 6.78. The highest BCUT2D eigenvalue weighted by Gasteiger charge is 2.16. The van der Waals surface area contributed by atoms with Gasteiger partial charge < -0.3 is 9.47 Å². The Morgan fingerprint density at radius 2 is 2.05 bits per heavy atom. The number of halogens is 2. The number of aryl methyl sites for hydroxylation is 1. The maximum Gasteiger partial charge on any atom is 0.133 e. The van der Waals surface area contributed by atoms with Crippen LogP contribution in [0.25, 0.3) is 0 Å². The minimum atomic E-state index is 0.219. The molecule has 0 bridgehead atoms. The molecule has 0 fully saturated rings. The van der Waals surface area contributed by atoms with Gasteiger partial charge in [0.05, 0.1) is 15.9 Å². The molecule has 114 valence electrons. The maximum absolute atomic E-state index is 5.66. The summed E-state index contributed by atoms with van der Waals surface area (Å²) >= 11 is 9.19. The number of hydrogen-bond donors (Lipinski definition) is 0. The fraction of sp³-hybridized carbons (Fsp3) is 0.375. The lowest BCUT2D eigenvalue weighted by atomic mass is 10.1. The van der Waals surface area contributed by atoms with Gasteiger partial charge in [-0.1, -0.05) is 28.9 Å². The van der Waals surface area contributed by atoms with Crippen LogP contribution in [0.5, 0.6) is 5.75 Å². The van der Waals surface area contributed by atoms with Crippen LogP contribution in [-0.4, -0.2) is 20.3 Å². The summed E-state index contributed by atoms with van der Waals surface area (Å²) in [5.41, 5.74) is 2.62. The number of rotatable bonds is 7. The molecule has 5 heteroatoms. The average Bonchev–Trinajstić information content (AvgIpc) is 2.96. The third-order valence-corrected chi connectivity index (χ3v) is 6.12. The molecule has 2 rings (SSSR count). The van der Waals surface area contributed by atoms with E-state index in [1.807, 2.05) is 6.07 Å². The summed E-state index contributed by atoms with van der Waals surface area (Å²) in [5, 5.41) is 2.15. The molecule has 2 nitrogen and oxygen atoms in total. The molecule has 0 radical (unpaired) electrons. The van der Waals surface area contributed by atoms with E-state index in [-0.39, 0.29) is 4.83 Å². The maximum atomic E-state index is 5.66. The Balaban J connectivity index is 2.15. The second-order valence-electron chi connectivity index (χ2n) is 4.56. The van der Waals surface area contributed by atoms with Crippen molar-refractivity contribution in [1.82, 2.24) is 0 Å². The van der Waals surface area contributed by atoms with E-state index in [9.17, 15) is 0 Å². The Morgan fingerprint density at radius 3 is 2.71 bits per heavy atom. The zero-order chi connectivity index (χ0) is 15.2. The molecule has 0 amide bonds. The quantitative estimate of drug-likeness (QED) is 0.419. The monoisotopic (exact) mass is 432 g/mol. The molecule has 0 aliphatic carbocycles. The third kappa shape index (κ3) is 4.31. The highest BCUT2D eigenvalue weighted by atomic mass is 79.9. The van der Waals surface area contributed by atoms with Crippen LogP contribution in [0, 0.1) is 0 Å². The van der Waals surface area contributed by atoms with Crippen molar-refractivity contribution in [3.63, 3.8) is 0 Å². The minimum absolute atomic E-state index is 0.219. The highest BCUT2D eigenvalue weighted by Crippen LogP contribution is 2.39. The zero-order valence-corrected chi connectivity index (χ0v) is 16.1. The number of hydrogen-bond acceptors (Lipinski definition) is 3. The van der Waals surface area contributed by atoms with Crippen molar-refractivity contribution >= 4 is 43.2 Å². The van der Waals surface area contributed by atoms with E-state index < -0.39 is 0 Å². The smallest absolute Gasteiger partial charge is 0.133 e. The Morgan fingerprint density at radius 1 is 1.24 bits per heavy atom. The lowest BCUT2D eigenvalue weighted by molar-refractivity contribution is 0.146. The van der Waals surface area contributed by atoms with Crippen LogP contribution in [0.1, 0.15) is 27.8 Å². The minimum Gasteiger partial charge on any atom is -0.490 e. The predicted molar refractivity (Wildman–Crippen MR) is 96.0 cm³/mol. The number of benzene rings is 1. The molecule has 2 aromatic rings. The van der Waals surface area contributed by atoms with Crippen molar-refractivity contribution in [2.75, 3.05) is 20.3 Å². The SMILES string of the molecule is CCc1ccsc1C(Br)c1ccc(OCCOC)c(Br)c1. The van der Waals surface area contributed by atoms with Gasteiger partial charge in [-0.2, -0.15) is 0 Å². The molecule has 0 aliphatic heterocycles. The van der Waals surface area contributed by atoms with E-state index in [0.717, 1.165) is 16.6 Å². The fourth-order valence-electron chi connectivity index (χ4n) is 2.04. The third-order valence-electron chi connectivity index (χ3n) is 3.19. The second-order valence-corrected chi connectivity index (χ2v) is 7.28. The van der Waals surface area contributed by atoms with Gasteiger partial charge in [0.15, 0.2) is 0 Å². The summed E-state index contributed by atoms with van der Waals surface area (Å²) in [6.45, 7) is 3.33. The normalized spacial score (nSPS) is 12.4. The van der Waals surface area contributed by atoms with Gasteiger partial charge in [-0.15, -0.1) is 11.3 Å². The van der Waals surface area contributed by atoms with E-state index >= 15 is 0 Å². The van der Waals surface area contributed by atoms with Gasteiger partial charge in [0, 0.05) is 12.0 Å². The zero-order valence-electron chi connectivity index (χ0n) is 12.1. The Kier molecular flexibility index (Phi) is 6.74. The van der Waals surface area contributed by atoms with Crippen molar-refractivity contribution in [3.8, 4) is 5.75 Å². The highest BCUT2D eigenvalue weighted by molar-refractivity contribution is 9.10. The number of ether oxygens (including phenoxy) is 2. The van der Waals surface area contributed by atoms with E-state index in [0.29, 0.717) is 13.2 Å². The first-order chi connectivity index (χ1) is 10.2. The molecular weight excluding hydrogens is 416 g/mol. The largest absolute Gasteiger partial charge is 0.490 e. The summed E-state index contributed by atoms with van der Waals surface area (Å²) in [6, 6.07) is 8.42. The number of thiophene rings is 1. The van der Waals surface area contributed by atoms with E-state index in [2.05, 4.69) is 62.4 Å². The van der Waals surface area contributed by atoms with Gasteiger partial charge in [-0.3, -0.25) is 0 Å². The molecule has 0 spiro atoms. The molecule has 0 aliphatic rings. The van der Waals surface area contributed by atoms with Gasteiger partial charge in [0.2, 0.25) is 0 Å². The van der Waals surface area contributed by atoms with Crippen molar-refractivity contribution in [1.29, 1.82) is 0 Å². The lowest BCUT2D eigenvalue weighted by Gasteiger charge is -2.13. The van der Waals surface area contributed by atoms with Gasteiger partial charge in [0.25, 0.3) is 0 Å². The van der Waals surface area contributed by atoms with Crippen LogP contribution in [0.3, 0.4) is 0 Å². The molecular formula is C16H18Br2O2S. The number of alkyl halides is 1. The fourth-order valence-corrected chi connectivity index (χ4v) is 4.45.